The van der Waals surface area contributed by atoms with Crippen molar-refractivity contribution in [2.24, 2.45) is 5.92 Å². The van der Waals surface area contributed by atoms with Crippen molar-refractivity contribution in [3.8, 4) is 0 Å². The summed E-state index contributed by atoms with van der Waals surface area (Å²) >= 11 is 0. The third-order valence-corrected chi connectivity index (χ3v) is 3.36. The summed E-state index contributed by atoms with van der Waals surface area (Å²) < 4.78 is 21.6. The van der Waals surface area contributed by atoms with Gasteiger partial charge in [-0.25, -0.2) is 8.42 Å². The number of carbonyl (C=O) groups excluding carboxylic acids is 1. The summed E-state index contributed by atoms with van der Waals surface area (Å²) in [7, 11) is -3.18. The van der Waals surface area contributed by atoms with E-state index in [0.717, 1.165) is 25.5 Å². The van der Waals surface area contributed by atoms with Crippen LogP contribution in [0.5, 0.6) is 0 Å². The van der Waals surface area contributed by atoms with Crippen LogP contribution in [0.3, 0.4) is 0 Å². The number of hydrogen-bond acceptors (Lipinski definition) is 3. The molecule has 0 aromatic heterocycles. The van der Waals surface area contributed by atoms with Gasteiger partial charge in [0.2, 0.25) is 5.91 Å². The van der Waals surface area contributed by atoms with Gasteiger partial charge < -0.3 is 5.32 Å². The van der Waals surface area contributed by atoms with Crippen LogP contribution in [0.1, 0.15) is 26.2 Å². The minimum atomic E-state index is -3.18. The van der Waals surface area contributed by atoms with Gasteiger partial charge >= 0.3 is 0 Å². The van der Waals surface area contributed by atoms with E-state index in [0.29, 0.717) is 5.92 Å². The van der Waals surface area contributed by atoms with E-state index in [1.807, 2.05) is 0 Å². The van der Waals surface area contributed by atoms with E-state index in [4.69, 9.17) is 0 Å². The molecule has 0 aromatic rings. The molecular formula is C9H17NO3S. The molecule has 82 valence electrons. The van der Waals surface area contributed by atoms with Crippen LogP contribution in [-0.4, -0.2) is 32.4 Å². The Labute approximate surface area is 85.0 Å². The first kappa shape index (κ1) is 11.5. The van der Waals surface area contributed by atoms with Gasteiger partial charge in [0.25, 0.3) is 0 Å². The van der Waals surface area contributed by atoms with E-state index in [1.165, 1.54) is 0 Å². The van der Waals surface area contributed by atoms with Gasteiger partial charge in [-0.1, -0.05) is 13.3 Å². The maximum absolute atomic E-state index is 11.2. The van der Waals surface area contributed by atoms with Crippen molar-refractivity contribution in [2.45, 2.75) is 32.2 Å². The molecule has 5 heteroatoms. The molecule has 1 rings (SSSR count). The minimum absolute atomic E-state index is 0.203. The Morgan fingerprint density at radius 3 is 2.43 bits per heavy atom. The highest BCUT2D eigenvalue weighted by Gasteiger charge is 2.29. The largest absolute Gasteiger partial charge is 0.352 e. The lowest BCUT2D eigenvalue weighted by molar-refractivity contribution is -0.120. The fourth-order valence-corrected chi connectivity index (χ4v) is 2.25. The third kappa shape index (κ3) is 3.65. The van der Waals surface area contributed by atoms with Crippen LogP contribution >= 0.6 is 0 Å². The minimum Gasteiger partial charge on any atom is -0.352 e. The molecule has 0 aliphatic heterocycles. The molecule has 1 saturated carbocycles. The van der Waals surface area contributed by atoms with Gasteiger partial charge in [0.15, 0.2) is 9.84 Å². The molecule has 0 atom stereocenters. The molecule has 1 N–H and O–H groups in total. The van der Waals surface area contributed by atoms with E-state index in [-0.39, 0.29) is 17.7 Å². The molecule has 0 radical (unpaired) electrons. The maximum atomic E-state index is 11.2. The zero-order valence-corrected chi connectivity index (χ0v) is 9.43. The average molecular weight is 219 g/mol. The lowest BCUT2D eigenvalue weighted by Crippen LogP contribution is -2.45. The van der Waals surface area contributed by atoms with E-state index < -0.39 is 9.84 Å². The van der Waals surface area contributed by atoms with Gasteiger partial charge in [-0.15, -0.1) is 0 Å². The van der Waals surface area contributed by atoms with Crippen molar-refractivity contribution in [1.82, 2.24) is 5.32 Å². The van der Waals surface area contributed by atoms with Crippen LogP contribution in [-0.2, 0) is 14.6 Å². The first-order valence-electron chi connectivity index (χ1n) is 4.87. The molecule has 1 amide bonds. The number of amides is 1. The normalized spacial score (nSPS) is 26.7. The van der Waals surface area contributed by atoms with Crippen LogP contribution in [0.25, 0.3) is 0 Å². The molecule has 14 heavy (non-hydrogen) atoms. The van der Waals surface area contributed by atoms with E-state index in [2.05, 4.69) is 12.2 Å². The maximum Gasteiger partial charge on any atom is 0.235 e. The fourth-order valence-electron chi connectivity index (χ4n) is 1.69. The van der Waals surface area contributed by atoms with Crippen LogP contribution < -0.4 is 5.32 Å². The van der Waals surface area contributed by atoms with Gasteiger partial charge in [0.1, 0.15) is 5.75 Å². The molecule has 0 aromatic carbocycles. The van der Waals surface area contributed by atoms with E-state index in [9.17, 15) is 13.2 Å². The Balaban J connectivity index is 2.23. The highest BCUT2D eigenvalue weighted by atomic mass is 32.2. The first-order chi connectivity index (χ1) is 6.40. The topological polar surface area (TPSA) is 63.2 Å². The summed E-state index contributed by atoms with van der Waals surface area (Å²) in [5.41, 5.74) is 0. The number of rotatable bonds is 4. The average Bonchev–Trinajstić information content (AvgIpc) is 1.91. The summed E-state index contributed by atoms with van der Waals surface area (Å²) in [4.78, 5) is 11.2. The molecule has 1 aliphatic rings. The zero-order valence-electron chi connectivity index (χ0n) is 8.62. The van der Waals surface area contributed by atoms with E-state index >= 15 is 0 Å². The molecule has 0 saturated heterocycles. The summed E-state index contributed by atoms with van der Waals surface area (Å²) in [6.45, 7) is 2.12. The van der Waals surface area contributed by atoms with Crippen LogP contribution in [0.2, 0.25) is 0 Å². The second-order valence-corrected chi connectivity index (χ2v) is 6.22. The molecule has 0 spiro atoms. The van der Waals surface area contributed by atoms with Crippen LogP contribution in [0.15, 0.2) is 0 Å². The summed E-state index contributed by atoms with van der Waals surface area (Å²) in [5, 5.41) is 2.72. The second-order valence-electron chi connectivity index (χ2n) is 4.08. The van der Waals surface area contributed by atoms with Crippen molar-refractivity contribution in [2.75, 3.05) is 12.0 Å². The van der Waals surface area contributed by atoms with Crippen molar-refractivity contribution in [3.05, 3.63) is 0 Å². The number of carbonyl (C=O) groups is 1. The lowest BCUT2D eigenvalue weighted by Gasteiger charge is -2.35. The molecule has 0 heterocycles. The predicted molar refractivity (Wildman–Crippen MR) is 54.7 cm³/mol. The molecule has 1 aliphatic carbocycles. The number of nitrogens with one attached hydrogen (secondary N) is 1. The van der Waals surface area contributed by atoms with E-state index in [1.54, 1.807) is 0 Å². The molecular weight excluding hydrogens is 202 g/mol. The molecule has 1 fully saturated rings. The third-order valence-electron chi connectivity index (χ3n) is 2.57. The van der Waals surface area contributed by atoms with Crippen molar-refractivity contribution in [1.29, 1.82) is 0 Å². The molecule has 0 bridgehead atoms. The quantitative estimate of drug-likeness (QED) is 0.741. The lowest BCUT2D eigenvalue weighted by atomic mass is 9.79. The summed E-state index contributed by atoms with van der Waals surface area (Å²) in [5.74, 6) is -0.0501. The Bertz CT molecular complexity index is 304. The number of hydrogen-bond donors (Lipinski definition) is 1. The monoisotopic (exact) mass is 219 g/mol. The SMILES string of the molecule is CCC1CC(NC(=O)CS(C)(=O)=O)C1. The highest BCUT2D eigenvalue weighted by Crippen LogP contribution is 2.29. The predicted octanol–water partition coefficient (Wildman–Crippen LogP) is 0.336. The Morgan fingerprint density at radius 1 is 1.43 bits per heavy atom. The molecule has 0 unspecified atom stereocenters. The Kier molecular flexibility index (Phi) is 3.53. The van der Waals surface area contributed by atoms with Gasteiger partial charge in [-0.05, 0) is 18.8 Å². The summed E-state index contributed by atoms with van der Waals surface area (Å²) in [6.07, 6.45) is 4.19. The van der Waals surface area contributed by atoms with Crippen molar-refractivity contribution in [3.63, 3.8) is 0 Å². The second kappa shape index (κ2) is 4.29. The fraction of sp³-hybridized carbons (Fsp3) is 0.889. The van der Waals surface area contributed by atoms with Crippen LogP contribution in [0.4, 0.5) is 0 Å². The summed E-state index contributed by atoms with van der Waals surface area (Å²) in [6, 6.07) is 0.203. The highest BCUT2D eigenvalue weighted by molar-refractivity contribution is 7.91. The molecule has 4 nitrogen and oxygen atoms in total. The Hall–Kier alpha value is -0.580. The zero-order chi connectivity index (χ0) is 10.8. The van der Waals surface area contributed by atoms with Gasteiger partial charge in [0, 0.05) is 12.3 Å². The Morgan fingerprint density at radius 2 is 2.00 bits per heavy atom. The van der Waals surface area contributed by atoms with Crippen molar-refractivity contribution >= 4 is 15.7 Å². The smallest absolute Gasteiger partial charge is 0.235 e. The van der Waals surface area contributed by atoms with Crippen molar-refractivity contribution < 1.29 is 13.2 Å². The van der Waals surface area contributed by atoms with Gasteiger partial charge in [-0.3, -0.25) is 4.79 Å². The number of sulfone groups is 1. The first-order valence-corrected chi connectivity index (χ1v) is 6.94. The van der Waals surface area contributed by atoms with Gasteiger partial charge in [0.05, 0.1) is 0 Å². The van der Waals surface area contributed by atoms with Gasteiger partial charge in [-0.2, -0.15) is 0 Å². The van der Waals surface area contributed by atoms with Crippen LogP contribution in [0, 0.1) is 5.92 Å². The standard InChI is InChI=1S/C9H17NO3S/c1-3-7-4-8(5-7)10-9(11)6-14(2,12)13/h7-8H,3-6H2,1-2H3,(H,10,11).